The van der Waals surface area contributed by atoms with Crippen LogP contribution in [0, 0.1) is 0 Å². The minimum absolute atomic E-state index is 0.339. The van der Waals surface area contributed by atoms with Crippen LogP contribution < -0.4 is 0 Å². The van der Waals surface area contributed by atoms with Gasteiger partial charge in [0.2, 0.25) is 0 Å². The number of hydrogen-bond donors (Lipinski definition) is 0. The van der Waals surface area contributed by atoms with Crippen LogP contribution in [0.25, 0.3) is 28.1 Å². The summed E-state index contributed by atoms with van der Waals surface area (Å²) in [7, 11) is 2.03. The highest BCUT2D eigenvalue weighted by Gasteiger charge is 2.06. The van der Waals surface area contributed by atoms with Gasteiger partial charge in [-0.05, 0) is 48.4 Å². The van der Waals surface area contributed by atoms with E-state index < -0.39 is 0 Å². The molecule has 23 heavy (non-hydrogen) atoms. The van der Waals surface area contributed by atoms with Crippen molar-refractivity contribution in [2.75, 3.05) is 6.61 Å². The molecular weight excluding hydrogens is 288 g/mol. The number of esters is 1. The van der Waals surface area contributed by atoms with Gasteiger partial charge in [-0.1, -0.05) is 6.07 Å². The normalized spacial score (nSPS) is 11.2. The third-order valence-electron chi connectivity index (χ3n) is 3.74. The topological polar surface area (TPSA) is 44.1 Å². The summed E-state index contributed by atoms with van der Waals surface area (Å²) in [5.41, 5.74) is 4.17. The first-order valence-electron chi connectivity index (χ1n) is 7.53. The van der Waals surface area contributed by atoms with Crippen molar-refractivity contribution in [1.29, 1.82) is 0 Å². The fourth-order valence-corrected chi connectivity index (χ4v) is 2.59. The lowest BCUT2D eigenvalue weighted by Gasteiger charge is -2.06. The van der Waals surface area contributed by atoms with Gasteiger partial charge in [0.05, 0.1) is 6.61 Å². The monoisotopic (exact) mass is 306 g/mol. The molecule has 0 N–H and O–H groups in total. The van der Waals surface area contributed by atoms with Crippen LogP contribution in [-0.4, -0.2) is 22.1 Å². The summed E-state index contributed by atoms with van der Waals surface area (Å²) < 4.78 is 7.01. The molecule has 0 unspecified atom stereocenters. The van der Waals surface area contributed by atoms with E-state index in [2.05, 4.69) is 33.8 Å². The Labute approximate surface area is 135 Å². The Morgan fingerprint density at radius 1 is 1.30 bits per heavy atom. The standard InChI is InChI=1S/C19H18N2O2/c1-3-23-19(22)7-5-14-8-10-20-13-17(14)15-4-6-18-16(12-15)9-11-21(18)2/h4-13H,3H2,1-2H3/b7-5+. The number of aryl methyl sites for hydroxylation is 1. The Balaban J connectivity index is 1.99. The molecule has 0 bridgehead atoms. The van der Waals surface area contributed by atoms with E-state index in [1.54, 1.807) is 19.2 Å². The molecular formula is C19H18N2O2. The molecule has 0 aliphatic carbocycles. The Bertz CT molecular complexity index is 878. The largest absolute Gasteiger partial charge is 0.463 e. The summed E-state index contributed by atoms with van der Waals surface area (Å²) in [6.07, 6.45) is 8.79. The van der Waals surface area contributed by atoms with Crippen molar-refractivity contribution in [3.8, 4) is 11.1 Å². The van der Waals surface area contributed by atoms with Crippen LogP contribution in [0.4, 0.5) is 0 Å². The molecule has 2 heterocycles. The van der Waals surface area contributed by atoms with Gasteiger partial charge in [0.1, 0.15) is 0 Å². The lowest BCUT2D eigenvalue weighted by Crippen LogP contribution is -1.98. The molecule has 4 nitrogen and oxygen atoms in total. The van der Waals surface area contributed by atoms with Gasteiger partial charge in [-0.3, -0.25) is 4.98 Å². The lowest BCUT2D eigenvalue weighted by molar-refractivity contribution is -0.137. The highest BCUT2D eigenvalue weighted by molar-refractivity contribution is 5.91. The Kier molecular flexibility index (Phi) is 4.24. The molecule has 0 aliphatic rings. The third-order valence-corrected chi connectivity index (χ3v) is 3.74. The number of ether oxygens (including phenoxy) is 1. The number of fused-ring (bicyclic) bond motifs is 1. The van der Waals surface area contributed by atoms with Crippen LogP contribution in [0.15, 0.2) is 55.0 Å². The smallest absolute Gasteiger partial charge is 0.330 e. The van der Waals surface area contributed by atoms with Gasteiger partial charge >= 0.3 is 5.97 Å². The Morgan fingerprint density at radius 2 is 2.17 bits per heavy atom. The van der Waals surface area contributed by atoms with E-state index in [1.807, 2.05) is 25.5 Å². The first-order chi connectivity index (χ1) is 11.2. The van der Waals surface area contributed by atoms with Crippen molar-refractivity contribution >= 4 is 22.9 Å². The molecule has 0 spiro atoms. The van der Waals surface area contributed by atoms with Crippen molar-refractivity contribution in [2.45, 2.75) is 6.92 Å². The molecule has 0 saturated carbocycles. The maximum absolute atomic E-state index is 11.5. The summed E-state index contributed by atoms with van der Waals surface area (Å²) in [5.74, 6) is -0.339. The molecule has 0 fully saturated rings. The average Bonchev–Trinajstić information content (AvgIpc) is 2.94. The molecule has 0 aliphatic heterocycles. The van der Waals surface area contributed by atoms with Gasteiger partial charge in [0, 0.05) is 48.2 Å². The summed E-state index contributed by atoms with van der Waals surface area (Å²) >= 11 is 0. The lowest BCUT2D eigenvalue weighted by atomic mass is 10.0. The zero-order chi connectivity index (χ0) is 16.2. The van der Waals surface area contributed by atoms with Gasteiger partial charge in [-0.2, -0.15) is 0 Å². The van der Waals surface area contributed by atoms with Gasteiger partial charge in [-0.15, -0.1) is 0 Å². The maximum atomic E-state index is 11.5. The second-order valence-corrected chi connectivity index (χ2v) is 5.25. The van der Waals surface area contributed by atoms with Crippen LogP contribution in [0.5, 0.6) is 0 Å². The molecule has 0 atom stereocenters. The number of carbonyl (C=O) groups excluding carboxylic acids is 1. The SMILES string of the molecule is CCOC(=O)/C=C/c1ccncc1-c1ccc2c(ccn2C)c1. The van der Waals surface area contributed by atoms with Crippen LogP contribution in [0.3, 0.4) is 0 Å². The number of carbonyl (C=O) groups is 1. The van der Waals surface area contributed by atoms with E-state index in [9.17, 15) is 4.79 Å². The second-order valence-electron chi connectivity index (χ2n) is 5.25. The highest BCUT2D eigenvalue weighted by Crippen LogP contribution is 2.27. The quantitative estimate of drug-likeness (QED) is 0.544. The van der Waals surface area contributed by atoms with E-state index in [1.165, 1.54) is 17.0 Å². The molecule has 0 radical (unpaired) electrons. The molecule has 116 valence electrons. The molecule has 4 heteroatoms. The van der Waals surface area contributed by atoms with Crippen molar-refractivity contribution in [3.05, 3.63) is 60.6 Å². The van der Waals surface area contributed by atoms with Crippen LogP contribution in [0.1, 0.15) is 12.5 Å². The molecule has 0 saturated heterocycles. The van der Waals surface area contributed by atoms with Gasteiger partial charge in [-0.25, -0.2) is 4.79 Å². The Morgan fingerprint density at radius 3 is 3.00 bits per heavy atom. The van der Waals surface area contributed by atoms with Gasteiger partial charge < -0.3 is 9.30 Å². The summed E-state index contributed by atoms with van der Waals surface area (Å²) in [4.78, 5) is 15.7. The van der Waals surface area contributed by atoms with E-state index in [0.717, 1.165) is 16.7 Å². The number of rotatable bonds is 4. The Hall–Kier alpha value is -2.88. The predicted octanol–water partition coefficient (Wildman–Crippen LogP) is 3.82. The summed E-state index contributed by atoms with van der Waals surface area (Å²) in [6, 6.07) is 10.3. The molecule has 2 aromatic heterocycles. The fourth-order valence-electron chi connectivity index (χ4n) is 2.59. The van der Waals surface area contributed by atoms with Crippen LogP contribution in [0.2, 0.25) is 0 Å². The highest BCUT2D eigenvalue weighted by atomic mass is 16.5. The number of benzene rings is 1. The summed E-state index contributed by atoms with van der Waals surface area (Å²) in [5, 5.41) is 1.18. The van der Waals surface area contributed by atoms with Gasteiger partial charge in [0.15, 0.2) is 0 Å². The fraction of sp³-hybridized carbons (Fsp3) is 0.158. The van der Waals surface area contributed by atoms with Crippen LogP contribution in [-0.2, 0) is 16.6 Å². The number of nitrogens with zero attached hydrogens (tertiary/aromatic N) is 2. The van der Waals surface area contributed by atoms with Gasteiger partial charge in [0.25, 0.3) is 0 Å². The zero-order valence-corrected chi connectivity index (χ0v) is 13.2. The molecule has 0 amide bonds. The van der Waals surface area contributed by atoms with Crippen molar-refractivity contribution in [2.24, 2.45) is 7.05 Å². The number of aromatic nitrogens is 2. The number of pyridine rings is 1. The minimum atomic E-state index is -0.339. The first-order valence-corrected chi connectivity index (χ1v) is 7.53. The van der Waals surface area contributed by atoms with Crippen molar-refractivity contribution in [3.63, 3.8) is 0 Å². The van der Waals surface area contributed by atoms with E-state index >= 15 is 0 Å². The third kappa shape index (κ3) is 3.16. The second kappa shape index (κ2) is 6.48. The van der Waals surface area contributed by atoms with E-state index in [4.69, 9.17) is 4.74 Å². The predicted molar refractivity (Wildman–Crippen MR) is 91.8 cm³/mol. The number of hydrogen-bond acceptors (Lipinski definition) is 3. The molecule has 3 rings (SSSR count). The van der Waals surface area contributed by atoms with E-state index in [0.29, 0.717) is 6.61 Å². The zero-order valence-electron chi connectivity index (χ0n) is 13.2. The summed E-state index contributed by atoms with van der Waals surface area (Å²) in [6.45, 7) is 2.16. The molecule has 3 aromatic rings. The van der Waals surface area contributed by atoms with E-state index in [-0.39, 0.29) is 5.97 Å². The van der Waals surface area contributed by atoms with Crippen molar-refractivity contribution < 1.29 is 9.53 Å². The van der Waals surface area contributed by atoms with Crippen molar-refractivity contribution in [1.82, 2.24) is 9.55 Å². The molecule has 1 aromatic carbocycles. The maximum Gasteiger partial charge on any atom is 0.330 e. The first kappa shape index (κ1) is 15.0. The minimum Gasteiger partial charge on any atom is -0.463 e. The van der Waals surface area contributed by atoms with Crippen LogP contribution >= 0.6 is 0 Å². The average molecular weight is 306 g/mol.